The molecule has 1 aliphatic rings. The summed E-state index contributed by atoms with van der Waals surface area (Å²) in [5.74, 6) is -0.0886. The summed E-state index contributed by atoms with van der Waals surface area (Å²) in [4.78, 5) is 13.2. The molecule has 0 saturated carbocycles. The molecule has 0 fully saturated rings. The van der Waals surface area contributed by atoms with E-state index in [1.807, 2.05) is 29.6 Å². The summed E-state index contributed by atoms with van der Waals surface area (Å²) >= 11 is 1.64. The third-order valence-corrected chi connectivity index (χ3v) is 4.69. The number of rotatable bonds is 2. The lowest BCUT2D eigenvalue weighted by atomic mass is 10.0. The second-order valence-electron chi connectivity index (χ2n) is 5.15. The first kappa shape index (κ1) is 12.3. The van der Waals surface area contributed by atoms with Crippen molar-refractivity contribution in [3.8, 4) is 11.3 Å². The van der Waals surface area contributed by atoms with Crippen LogP contribution in [0.15, 0.2) is 41.8 Å². The van der Waals surface area contributed by atoms with E-state index in [1.54, 1.807) is 11.3 Å². The molecular formula is C16H13N3OS. The predicted molar refractivity (Wildman–Crippen MR) is 82.4 cm³/mol. The van der Waals surface area contributed by atoms with Gasteiger partial charge in [-0.15, -0.1) is 11.3 Å². The molecule has 0 bridgehead atoms. The van der Waals surface area contributed by atoms with Gasteiger partial charge in [-0.25, -0.2) is 0 Å². The van der Waals surface area contributed by atoms with Gasteiger partial charge in [0.25, 0.3) is 5.91 Å². The lowest BCUT2D eigenvalue weighted by Gasteiger charge is -2.10. The number of thiophene rings is 1. The smallest absolute Gasteiger partial charge is 0.270 e. The number of carbonyl (C=O) groups is 1. The van der Waals surface area contributed by atoms with Gasteiger partial charge in [-0.1, -0.05) is 35.9 Å². The first-order chi connectivity index (χ1) is 10.2. The van der Waals surface area contributed by atoms with Crippen LogP contribution in [0.1, 0.15) is 32.5 Å². The molecule has 1 amide bonds. The number of aromatic amines is 1. The van der Waals surface area contributed by atoms with E-state index in [0.29, 0.717) is 5.69 Å². The quantitative estimate of drug-likeness (QED) is 0.762. The van der Waals surface area contributed by atoms with Gasteiger partial charge in [-0.3, -0.25) is 9.89 Å². The second kappa shape index (κ2) is 4.56. The number of hydrogen-bond donors (Lipinski definition) is 2. The summed E-state index contributed by atoms with van der Waals surface area (Å²) in [6, 6.07) is 12.1. The summed E-state index contributed by atoms with van der Waals surface area (Å²) < 4.78 is 0. The molecule has 2 N–H and O–H groups in total. The fourth-order valence-corrected chi connectivity index (χ4v) is 3.46. The fourth-order valence-electron chi connectivity index (χ4n) is 2.68. The number of amides is 1. The zero-order valence-electron chi connectivity index (χ0n) is 11.4. The Morgan fingerprint density at radius 2 is 2.00 bits per heavy atom. The van der Waals surface area contributed by atoms with Crippen LogP contribution in [-0.4, -0.2) is 16.1 Å². The summed E-state index contributed by atoms with van der Waals surface area (Å²) in [7, 11) is 0. The van der Waals surface area contributed by atoms with Crippen molar-refractivity contribution in [2.45, 2.75) is 13.0 Å². The van der Waals surface area contributed by atoms with E-state index < -0.39 is 0 Å². The minimum absolute atomic E-state index is 0.0886. The molecule has 0 saturated heterocycles. The van der Waals surface area contributed by atoms with Crippen LogP contribution in [0.3, 0.4) is 0 Å². The highest BCUT2D eigenvalue weighted by atomic mass is 32.1. The van der Waals surface area contributed by atoms with Crippen LogP contribution in [0.4, 0.5) is 0 Å². The molecule has 2 aromatic heterocycles. The number of benzene rings is 1. The highest BCUT2D eigenvalue weighted by Gasteiger charge is 2.35. The molecule has 0 aliphatic carbocycles. The van der Waals surface area contributed by atoms with Gasteiger partial charge < -0.3 is 5.32 Å². The Hall–Kier alpha value is -2.40. The van der Waals surface area contributed by atoms with Crippen molar-refractivity contribution in [1.82, 2.24) is 15.5 Å². The molecule has 0 radical (unpaired) electrons. The Kier molecular flexibility index (Phi) is 2.68. The van der Waals surface area contributed by atoms with E-state index in [9.17, 15) is 4.79 Å². The first-order valence-electron chi connectivity index (χ1n) is 6.73. The third-order valence-electron chi connectivity index (χ3n) is 3.75. The molecule has 0 spiro atoms. The van der Waals surface area contributed by atoms with Crippen molar-refractivity contribution in [2.75, 3.05) is 0 Å². The number of aromatic nitrogens is 2. The molecule has 4 nitrogen and oxygen atoms in total. The molecular weight excluding hydrogens is 282 g/mol. The maximum absolute atomic E-state index is 12.1. The highest BCUT2D eigenvalue weighted by molar-refractivity contribution is 7.10. The molecule has 5 heteroatoms. The van der Waals surface area contributed by atoms with E-state index in [1.165, 1.54) is 5.56 Å². The largest absolute Gasteiger partial charge is 0.339 e. The Labute approximate surface area is 125 Å². The van der Waals surface area contributed by atoms with Crippen LogP contribution in [0.2, 0.25) is 0 Å². The van der Waals surface area contributed by atoms with Gasteiger partial charge in [0.05, 0.1) is 11.7 Å². The second-order valence-corrected chi connectivity index (χ2v) is 6.13. The monoisotopic (exact) mass is 295 g/mol. The van der Waals surface area contributed by atoms with Gasteiger partial charge in [-0.2, -0.15) is 5.10 Å². The van der Waals surface area contributed by atoms with Crippen molar-refractivity contribution in [3.05, 3.63) is 63.5 Å². The molecule has 104 valence electrons. The fraction of sp³-hybridized carbons (Fsp3) is 0.125. The van der Waals surface area contributed by atoms with Crippen molar-refractivity contribution in [1.29, 1.82) is 0 Å². The topological polar surface area (TPSA) is 57.8 Å². The van der Waals surface area contributed by atoms with Gasteiger partial charge in [-0.05, 0) is 18.4 Å². The molecule has 3 aromatic rings. The van der Waals surface area contributed by atoms with E-state index in [-0.39, 0.29) is 11.9 Å². The van der Waals surface area contributed by atoms with Crippen LogP contribution >= 0.6 is 11.3 Å². The highest BCUT2D eigenvalue weighted by Crippen LogP contribution is 2.38. The molecule has 1 atom stereocenters. The maximum Gasteiger partial charge on any atom is 0.270 e. The minimum Gasteiger partial charge on any atom is -0.339 e. The summed E-state index contributed by atoms with van der Waals surface area (Å²) in [6.45, 7) is 2.05. The SMILES string of the molecule is Cc1ccc(-c2n[nH]c3c2[C@H](c2cccs2)NC3=O)cc1. The number of nitrogens with one attached hydrogen (secondary N) is 2. The van der Waals surface area contributed by atoms with Gasteiger partial charge in [0.2, 0.25) is 0 Å². The standard InChI is InChI=1S/C16H13N3OS/c1-9-4-6-10(7-5-9)13-12-14(11-3-2-8-21-11)17-16(20)15(12)19-18-13/h2-8,14H,1H3,(H,17,20)(H,18,19)/t14-/m0/s1. The van der Waals surface area contributed by atoms with Crippen LogP contribution < -0.4 is 5.32 Å². The average molecular weight is 295 g/mol. The van der Waals surface area contributed by atoms with Crippen LogP contribution in [0.25, 0.3) is 11.3 Å². The maximum atomic E-state index is 12.1. The van der Waals surface area contributed by atoms with E-state index >= 15 is 0 Å². The van der Waals surface area contributed by atoms with Crippen molar-refractivity contribution >= 4 is 17.2 Å². The molecule has 1 aliphatic heterocycles. The molecule has 21 heavy (non-hydrogen) atoms. The zero-order valence-corrected chi connectivity index (χ0v) is 12.2. The minimum atomic E-state index is -0.109. The van der Waals surface area contributed by atoms with Crippen LogP contribution in [0.5, 0.6) is 0 Å². The first-order valence-corrected chi connectivity index (χ1v) is 7.61. The third kappa shape index (κ3) is 1.89. The summed E-state index contributed by atoms with van der Waals surface area (Å²) in [5.41, 5.74) is 4.60. The Morgan fingerprint density at radius 1 is 1.19 bits per heavy atom. The van der Waals surface area contributed by atoms with Crippen molar-refractivity contribution in [2.24, 2.45) is 0 Å². The van der Waals surface area contributed by atoms with E-state index in [2.05, 4.69) is 34.6 Å². The average Bonchev–Trinajstić information content (AvgIpc) is 3.18. The molecule has 4 rings (SSSR count). The van der Waals surface area contributed by atoms with Gasteiger partial charge in [0.1, 0.15) is 5.69 Å². The lowest BCUT2D eigenvalue weighted by molar-refractivity contribution is 0.0956. The van der Waals surface area contributed by atoms with Gasteiger partial charge in [0.15, 0.2) is 0 Å². The Bertz CT molecular complexity index is 803. The van der Waals surface area contributed by atoms with Gasteiger partial charge >= 0.3 is 0 Å². The number of hydrogen-bond acceptors (Lipinski definition) is 3. The van der Waals surface area contributed by atoms with Crippen LogP contribution in [0, 0.1) is 6.92 Å². The zero-order chi connectivity index (χ0) is 14.4. The Morgan fingerprint density at radius 3 is 2.71 bits per heavy atom. The lowest BCUT2D eigenvalue weighted by Crippen LogP contribution is -2.20. The summed E-state index contributed by atoms with van der Waals surface area (Å²) in [5, 5.41) is 12.3. The predicted octanol–water partition coefficient (Wildman–Crippen LogP) is 3.28. The number of fused-ring (bicyclic) bond motifs is 1. The Balaban J connectivity index is 1.87. The number of aryl methyl sites for hydroxylation is 1. The van der Waals surface area contributed by atoms with Crippen molar-refractivity contribution < 1.29 is 4.79 Å². The van der Waals surface area contributed by atoms with Crippen LogP contribution in [-0.2, 0) is 0 Å². The van der Waals surface area contributed by atoms with E-state index in [4.69, 9.17) is 0 Å². The number of nitrogens with zero attached hydrogens (tertiary/aromatic N) is 1. The molecule has 3 heterocycles. The van der Waals surface area contributed by atoms with E-state index in [0.717, 1.165) is 21.7 Å². The normalized spacial score (nSPS) is 16.8. The number of carbonyl (C=O) groups excluding carboxylic acids is 1. The number of H-pyrrole nitrogens is 1. The summed E-state index contributed by atoms with van der Waals surface area (Å²) in [6.07, 6.45) is 0. The molecule has 1 aromatic carbocycles. The molecule has 0 unspecified atom stereocenters. The van der Waals surface area contributed by atoms with Gasteiger partial charge in [0, 0.05) is 16.0 Å². The van der Waals surface area contributed by atoms with Crippen molar-refractivity contribution in [3.63, 3.8) is 0 Å².